The van der Waals surface area contributed by atoms with Crippen LogP contribution >= 0.6 is 0 Å². The van der Waals surface area contributed by atoms with Crippen molar-refractivity contribution < 1.29 is 4.79 Å². The Morgan fingerprint density at radius 3 is 2.32 bits per heavy atom. The first kappa shape index (κ1) is 17.9. The molecular weight excluding hydrogens is 352 g/mol. The van der Waals surface area contributed by atoms with Gasteiger partial charge in [0.05, 0.1) is 0 Å². The summed E-state index contributed by atoms with van der Waals surface area (Å²) < 4.78 is 1.90. The van der Waals surface area contributed by atoms with Crippen LogP contribution in [-0.4, -0.2) is 56.7 Å². The molecule has 1 fully saturated rings. The molecule has 3 aromatic rings. The number of imidazole rings is 1. The van der Waals surface area contributed by atoms with Crippen molar-refractivity contribution in [1.29, 1.82) is 0 Å². The lowest BCUT2D eigenvalue weighted by Crippen LogP contribution is -2.48. The molecule has 28 heavy (non-hydrogen) atoms. The number of nitrogens with zero attached hydrogens (tertiary/aromatic N) is 6. The topological polar surface area (TPSA) is 67.2 Å². The second-order valence-electron chi connectivity index (χ2n) is 6.65. The van der Waals surface area contributed by atoms with Gasteiger partial charge in [0.2, 0.25) is 5.91 Å². The van der Waals surface area contributed by atoms with Crippen molar-refractivity contribution in [2.45, 2.75) is 6.92 Å². The monoisotopic (exact) mass is 374 g/mol. The van der Waals surface area contributed by atoms with Gasteiger partial charge in [0, 0.05) is 44.6 Å². The van der Waals surface area contributed by atoms with E-state index in [-0.39, 0.29) is 5.91 Å². The first-order chi connectivity index (χ1) is 13.7. The van der Waals surface area contributed by atoms with Crippen molar-refractivity contribution in [2.75, 3.05) is 31.1 Å². The van der Waals surface area contributed by atoms with Gasteiger partial charge in [-0.25, -0.2) is 4.98 Å². The maximum atomic E-state index is 12.4. The molecule has 0 bridgehead atoms. The molecule has 0 saturated carbocycles. The SMILES string of the molecule is Cc1nccn1-c1ccc(N2CCN(C(=O)/C=C/c3ccccc3)CC2)nn1. The lowest BCUT2D eigenvalue weighted by atomic mass is 10.2. The fourth-order valence-electron chi connectivity index (χ4n) is 3.23. The predicted molar refractivity (Wildman–Crippen MR) is 108 cm³/mol. The van der Waals surface area contributed by atoms with Crippen LogP contribution in [0.4, 0.5) is 5.82 Å². The summed E-state index contributed by atoms with van der Waals surface area (Å²) in [5.41, 5.74) is 1.03. The molecule has 0 spiro atoms. The van der Waals surface area contributed by atoms with Gasteiger partial charge in [-0.1, -0.05) is 30.3 Å². The van der Waals surface area contributed by atoms with E-state index >= 15 is 0 Å². The Morgan fingerprint density at radius 2 is 1.68 bits per heavy atom. The maximum Gasteiger partial charge on any atom is 0.246 e. The lowest BCUT2D eigenvalue weighted by Gasteiger charge is -2.34. The van der Waals surface area contributed by atoms with Gasteiger partial charge in [-0.2, -0.15) is 0 Å². The number of carbonyl (C=O) groups is 1. The minimum Gasteiger partial charge on any atom is -0.352 e. The molecular formula is C21H22N6O. The van der Waals surface area contributed by atoms with Crippen molar-refractivity contribution in [2.24, 2.45) is 0 Å². The van der Waals surface area contributed by atoms with Gasteiger partial charge in [0.1, 0.15) is 5.82 Å². The molecule has 0 N–H and O–H groups in total. The molecule has 1 aliphatic rings. The van der Waals surface area contributed by atoms with Crippen molar-refractivity contribution >= 4 is 17.8 Å². The Kier molecular flexibility index (Phi) is 5.14. The smallest absolute Gasteiger partial charge is 0.246 e. The molecule has 1 aromatic carbocycles. The predicted octanol–water partition coefficient (Wildman–Crippen LogP) is 2.33. The Hall–Kier alpha value is -3.48. The summed E-state index contributed by atoms with van der Waals surface area (Å²) in [6.07, 6.45) is 7.11. The molecule has 2 aromatic heterocycles. The van der Waals surface area contributed by atoms with Crippen molar-refractivity contribution in [3.8, 4) is 5.82 Å². The summed E-state index contributed by atoms with van der Waals surface area (Å²) in [6.45, 7) is 4.74. The van der Waals surface area contributed by atoms with E-state index in [1.807, 2.05) is 71.1 Å². The zero-order chi connectivity index (χ0) is 19.3. The first-order valence-corrected chi connectivity index (χ1v) is 9.32. The summed E-state index contributed by atoms with van der Waals surface area (Å²) in [4.78, 5) is 20.6. The van der Waals surface area contributed by atoms with E-state index in [1.54, 1.807) is 12.3 Å². The third-order valence-corrected chi connectivity index (χ3v) is 4.84. The zero-order valence-electron chi connectivity index (χ0n) is 15.8. The zero-order valence-corrected chi connectivity index (χ0v) is 15.8. The maximum absolute atomic E-state index is 12.4. The minimum atomic E-state index is 0.0421. The quantitative estimate of drug-likeness (QED) is 0.656. The number of benzene rings is 1. The molecule has 1 aliphatic heterocycles. The van der Waals surface area contributed by atoms with Crippen molar-refractivity contribution in [3.63, 3.8) is 0 Å². The summed E-state index contributed by atoms with van der Waals surface area (Å²) in [5, 5.41) is 8.67. The van der Waals surface area contributed by atoms with Crippen LogP contribution in [0.15, 0.2) is 60.9 Å². The molecule has 0 aliphatic carbocycles. The molecule has 4 rings (SSSR count). The summed E-state index contributed by atoms with van der Waals surface area (Å²) in [6, 6.07) is 13.8. The number of anilines is 1. The number of carbonyl (C=O) groups excluding carboxylic acids is 1. The molecule has 7 heteroatoms. The number of aromatic nitrogens is 4. The summed E-state index contributed by atoms with van der Waals surface area (Å²) >= 11 is 0. The standard InChI is InChI=1S/C21H22N6O/c1-17-22-11-12-27(17)20-9-8-19(23-24-20)25-13-15-26(16-14-25)21(28)10-7-18-5-3-2-4-6-18/h2-12H,13-16H2,1H3/b10-7+. The van der Waals surface area contributed by atoms with Gasteiger partial charge in [0.15, 0.2) is 11.6 Å². The van der Waals surface area contributed by atoms with Crippen LogP contribution in [0.3, 0.4) is 0 Å². The van der Waals surface area contributed by atoms with E-state index in [4.69, 9.17) is 0 Å². The van der Waals surface area contributed by atoms with Gasteiger partial charge in [-0.05, 0) is 30.7 Å². The van der Waals surface area contributed by atoms with Crippen LogP contribution in [0.2, 0.25) is 0 Å². The van der Waals surface area contributed by atoms with Crippen molar-refractivity contribution in [1.82, 2.24) is 24.6 Å². The van der Waals surface area contributed by atoms with Gasteiger partial charge in [-0.3, -0.25) is 9.36 Å². The normalized spacial score (nSPS) is 14.6. The van der Waals surface area contributed by atoms with Crippen molar-refractivity contribution in [3.05, 3.63) is 72.3 Å². The number of aryl methyl sites for hydroxylation is 1. The van der Waals surface area contributed by atoms with E-state index in [2.05, 4.69) is 20.1 Å². The molecule has 7 nitrogen and oxygen atoms in total. The fraction of sp³-hybridized carbons (Fsp3) is 0.238. The second-order valence-corrected chi connectivity index (χ2v) is 6.65. The van der Waals surface area contributed by atoms with Gasteiger partial charge in [-0.15, -0.1) is 10.2 Å². The summed E-state index contributed by atoms with van der Waals surface area (Å²) in [5.74, 6) is 2.49. The number of rotatable bonds is 4. The lowest BCUT2D eigenvalue weighted by molar-refractivity contribution is -0.126. The first-order valence-electron chi connectivity index (χ1n) is 9.32. The Bertz CT molecular complexity index is 956. The average Bonchev–Trinajstić information content (AvgIpc) is 3.19. The number of amides is 1. The van der Waals surface area contributed by atoms with Crippen LogP contribution in [0, 0.1) is 6.92 Å². The molecule has 142 valence electrons. The molecule has 0 atom stereocenters. The Balaban J connectivity index is 1.34. The van der Waals surface area contributed by atoms with E-state index < -0.39 is 0 Å². The highest BCUT2D eigenvalue weighted by molar-refractivity contribution is 5.91. The van der Waals surface area contributed by atoms with Crippen LogP contribution in [0.1, 0.15) is 11.4 Å². The second kappa shape index (κ2) is 8.04. The third-order valence-electron chi connectivity index (χ3n) is 4.84. The van der Waals surface area contributed by atoms with Crippen LogP contribution in [-0.2, 0) is 4.79 Å². The largest absolute Gasteiger partial charge is 0.352 e. The highest BCUT2D eigenvalue weighted by Crippen LogP contribution is 2.15. The van der Waals surface area contributed by atoms with E-state index in [9.17, 15) is 4.79 Å². The van der Waals surface area contributed by atoms with Gasteiger partial charge in [0.25, 0.3) is 0 Å². The third kappa shape index (κ3) is 3.93. The van der Waals surface area contributed by atoms with E-state index in [1.165, 1.54) is 0 Å². The Labute approximate surface area is 163 Å². The molecule has 0 unspecified atom stereocenters. The van der Waals surface area contributed by atoms with E-state index in [0.29, 0.717) is 13.1 Å². The molecule has 1 amide bonds. The molecule has 0 radical (unpaired) electrons. The molecule has 3 heterocycles. The minimum absolute atomic E-state index is 0.0421. The van der Waals surface area contributed by atoms with Gasteiger partial charge < -0.3 is 9.80 Å². The molecule has 1 saturated heterocycles. The fourth-order valence-corrected chi connectivity index (χ4v) is 3.23. The number of piperazine rings is 1. The highest BCUT2D eigenvalue weighted by atomic mass is 16.2. The van der Waals surface area contributed by atoms with E-state index in [0.717, 1.165) is 36.1 Å². The highest BCUT2D eigenvalue weighted by Gasteiger charge is 2.21. The van der Waals surface area contributed by atoms with Crippen LogP contribution in [0.25, 0.3) is 11.9 Å². The summed E-state index contributed by atoms with van der Waals surface area (Å²) in [7, 11) is 0. The number of hydrogen-bond donors (Lipinski definition) is 0. The average molecular weight is 374 g/mol. The number of hydrogen-bond acceptors (Lipinski definition) is 5. The van der Waals surface area contributed by atoms with Crippen LogP contribution < -0.4 is 4.90 Å². The van der Waals surface area contributed by atoms with Crippen LogP contribution in [0.5, 0.6) is 0 Å². The van der Waals surface area contributed by atoms with Gasteiger partial charge >= 0.3 is 0 Å². The Morgan fingerprint density at radius 1 is 0.964 bits per heavy atom.